The highest BCUT2D eigenvalue weighted by Gasteiger charge is 2.17. The van der Waals surface area contributed by atoms with Crippen molar-refractivity contribution in [3.05, 3.63) is 52.3 Å². The summed E-state index contributed by atoms with van der Waals surface area (Å²) in [6, 6.07) is 10.6. The maximum absolute atomic E-state index is 14.1. The van der Waals surface area contributed by atoms with Gasteiger partial charge in [0.2, 0.25) is 0 Å². The first-order valence-corrected chi connectivity index (χ1v) is 11.1. The maximum Gasteiger partial charge on any atom is 0.191 e. The van der Waals surface area contributed by atoms with E-state index in [2.05, 4.69) is 26.1 Å². The number of benzene rings is 2. The van der Waals surface area contributed by atoms with E-state index in [0.29, 0.717) is 41.8 Å². The molecular formula is C21H23BrFN3O3S. The molecule has 0 saturated heterocycles. The minimum Gasteiger partial charge on any atom is -0.493 e. The van der Waals surface area contributed by atoms with E-state index in [-0.39, 0.29) is 5.82 Å². The molecule has 0 aliphatic heterocycles. The van der Waals surface area contributed by atoms with Gasteiger partial charge in [0.25, 0.3) is 0 Å². The summed E-state index contributed by atoms with van der Waals surface area (Å²) in [5.74, 6) is 2.18. The molecule has 0 atom stereocenters. The largest absolute Gasteiger partial charge is 0.493 e. The van der Waals surface area contributed by atoms with Crippen molar-refractivity contribution in [2.75, 3.05) is 27.9 Å². The minimum atomic E-state index is -0.240. The number of hydrogen-bond donors (Lipinski definition) is 0. The Bertz CT molecular complexity index is 1000. The van der Waals surface area contributed by atoms with Crippen LogP contribution in [-0.2, 0) is 17.0 Å². The first-order chi connectivity index (χ1) is 14.6. The molecule has 0 radical (unpaired) electrons. The van der Waals surface area contributed by atoms with Crippen molar-refractivity contribution in [2.45, 2.75) is 23.9 Å². The van der Waals surface area contributed by atoms with E-state index in [0.717, 1.165) is 21.6 Å². The van der Waals surface area contributed by atoms with Crippen LogP contribution in [-0.4, -0.2) is 42.7 Å². The summed E-state index contributed by atoms with van der Waals surface area (Å²) in [5.41, 5.74) is 1.46. The lowest BCUT2D eigenvalue weighted by Gasteiger charge is -2.12. The fourth-order valence-electron chi connectivity index (χ4n) is 2.95. The summed E-state index contributed by atoms with van der Waals surface area (Å²) in [4.78, 5) is 0. The van der Waals surface area contributed by atoms with E-state index in [1.54, 1.807) is 33.5 Å². The van der Waals surface area contributed by atoms with Crippen molar-refractivity contribution in [2.24, 2.45) is 0 Å². The van der Waals surface area contributed by atoms with Crippen LogP contribution < -0.4 is 9.47 Å². The highest BCUT2D eigenvalue weighted by atomic mass is 79.9. The van der Waals surface area contributed by atoms with Gasteiger partial charge in [0.05, 0.1) is 14.2 Å². The summed E-state index contributed by atoms with van der Waals surface area (Å²) < 4.78 is 32.9. The zero-order valence-corrected chi connectivity index (χ0v) is 19.4. The van der Waals surface area contributed by atoms with Crippen molar-refractivity contribution < 1.29 is 18.6 Å². The average Bonchev–Trinajstić information content (AvgIpc) is 3.16. The third-order valence-electron chi connectivity index (χ3n) is 4.45. The number of halogens is 2. The van der Waals surface area contributed by atoms with Crippen LogP contribution in [0.25, 0.3) is 11.4 Å². The van der Waals surface area contributed by atoms with Crippen molar-refractivity contribution in [3.63, 3.8) is 0 Å². The number of aromatic nitrogens is 3. The fourth-order valence-corrected chi connectivity index (χ4v) is 4.30. The Morgan fingerprint density at radius 1 is 1.03 bits per heavy atom. The number of rotatable bonds is 10. The molecule has 0 unspecified atom stereocenters. The molecular weight excluding hydrogens is 473 g/mol. The van der Waals surface area contributed by atoms with E-state index in [1.807, 2.05) is 22.8 Å². The van der Waals surface area contributed by atoms with E-state index >= 15 is 0 Å². The Balaban J connectivity index is 1.90. The predicted octanol–water partition coefficient (Wildman–Crippen LogP) is 5.19. The summed E-state index contributed by atoms with van der Waals surface area (Å²) in [6.07, 6.45) is 0.799. The van der Waals surface area contributed by atoms with Crippen LogP contribution in [0.15, 0.2) is 46.0 Å². The van der Waals surface area contributed by atoms with Gasteiger partial charge >= 0.3 is 0 Å². The molecule has 0 aliphatic carbocycles. The van der Waals surface area contributed by atoms with Gasteiger partial charge in [-0.05, 0) is 48.4 Å². The molecule has 0 spiro atoms. The molecule has 1 aromatic heterocycles. The average molecular weight is 496 g/mol. The van der Waals surface area contributed by atoms with E-state index in [1.165, 1.54) is 17.8 Å². The lowest BCUT2D eigenvalue weighted by atomic mass is 10.2. The standard InChI is InChI=1S/C21H23BrFN3O3S/c1-27-10-4-9-26-20(14-5-8-18(28-2)19(12-14)29-3)24-25-21(26)30-13-15-11-16(22)6-7-17(15)23/h5-8,11-12H,4,9-10,13H2,1-3H3. The Labute approximate surface area is 187 Å². The zero-order chi connectivity index (χ0) is 21.5. The van der Waals surface area contributed by atoms with Gasteiger partial charge in [0, 0.05) is 36.1 Å². The van der Waals surface area contributed by atoms with Gasteiger partial charge in [-0.15, -0.1) is 10.2 Å². The summed E-state index contributed by atoms with van der Waals surface area (Å²) in [5, 5.41) is 9.48. The van der Waals surface area contributed by atoms with Crippen LogP contribution in [0, 0.1) is 5.82 Å². The second-order valence-corrected chi connectivity index (χ2v) is 8.26. The van der Waals surface area contributed by atoms with Crippen LogP contribution in [0.4, 0.5) is 4.39 Å². The van der Waals surface area contributed by atoms with Gasteiger partial charge in [0.15, 0.2) is 22.5 Å². The van der Waals surface area contributed by atoms with Crippen LogP contribution in [0.2, 0.25) is 0 Å². The number of methoxy groups -OCH3 is 3. The van der Waals surface area contributed by atoms with Crippen LogP contribution in [0.1, 0.15) is 12.0 Å². The van der Waals surface area contributed by atoms with Crippen molar-refractivity contribution in [3.8, 4) is 22.9 Å². The second kappa shape index (κ2) is 10.8. The topological polar surface area (TPSA) is 58.4 Å². The number of thioether (sulfide) groups is 1. The Morgan fingerprint density at radius 3 is 2.57 bits per heavy atom. The smallest absolute Gasteiger partial charge is 0.191 e. The first kappa shape index (κ1) is 22.6. The molecule has 0 amide bonds. The maximum atomic E-state index is 14.1. The van der Waals surface area contributed by atoms with Gasteiger partial charge in [-0.3, -0.25) is 0 Å². The Kier molecular flexibility index (Phi) is 8.12. The monoisotopic (exact) mass is 495 g/mol. The zero-order valence-electron chi connectivity index (χ0n) is 17.0. The highest BCUT2D eigenvalue weighted by Crippen LogP contribution is 2.33. The number of nitrogens with zero attached hydrogens (tertiary/aromatic N) is 3. The van der Waals surface area contributed by atoms with Crippen molar-refractivity contribution in [1.82, 2.24) is 14.8 Å². The van der Waals surface area contributed by atoms with Crippen molar-refractivity contribution >= 4 is 27.7 Å². The molecule has 0 N–H and O–H groups in total. The van der Waals surface area contributed by atoms with E-state index in [4.69, 9.17) is 14.2 Å². The Morgan fingerprint density at radius 2 is 1.83 bits per heavy atom. The van der Waals surface area contributed by atoms with Gasteiger partial charge in [-0.2, -0.15) is 0 Å². The lowest BCUT2D eigenvalue weighted by molar-refractivity contribution is 0.189. The third kappa shape index (κ3) is 5.33. The fraction of sp³-hybridized carbons (Fsp3) is 0.333. The molecule has 3 rings (SSSR count). The molecule has 160 valence electrons. The molecule has 6 nitrogen and oxygen atoms in total. The lowest BCUT2D eigenvalue weighted by Crippen LogP contribution is -2.05. The van der Waals surface area contributed by atoms with E-state index in [9.17, 15) is 4.39 Å². The van der Waals surface area contributed by atoms with Crippen LogP contribution >= 0.6 is 27.7 Å². The van der Waals surface area contributed by atoms with Crippen molar-refractivity contribution in [1.29, 1.82) is 0 Å². The summed E-state index contributed by atoms with van der Waals surface area (Å²) in [6.45, 7) is 1.29. The highest BCUT2D eigenvalue weighted by molar-refractivity contribution is 9.10. The third-order valence-corrected chi connectivity index (χ3v) is 5.96. The van der Waals surface area contributed by atoms with Crippen LogP contribution in [0.5, 0.6) is 11.5 Å². The molecule has 0 saturated carbocycles. The van der Waals surface area contributed by atoms with Gasteiger partial charge in [0.1, 0.15) is 5.82 Å². The molecule has 1 heterocycles. The quantitative estimate of drug-likeness (QED) is 0.284. The predicted molar refractivity (Wildman–Crippen MR) is 119 cm³/mol. The molecule has 0 bridgehead atoms. The van der Waals surface area contributed by atoms with Gasteiger partial charge in [-0.1, -0.05) is 27.7 Å². The summed E-state index contributed by atoms with van der Waals surface area (Å²) in [7, 11) is 4.87. The normalized spacial score (nSPS) is 11.0. The van der Waals surface area contributed by atoms with Gasteiger partial charge < -0.3 is 18.8 Å². The Hall–Kier alpha value is -2.10. The summed E-state index contributed by atoms with van der Waals surface area (Å²) >= 11 is 4.84. The molecule has 0 fully saturated rings. The molecule has 0 aliphatic rings. The van der Waals surface area contributed by atoms with E-state index < -0.39 is 0 Å². The molecule has 2 aromatic carbocycles. The molecule has 30 heavy (non-hydrogen) atoms. The molecule has 9 heteroatoms. The van der Waals surface area contributed by atoms with Crippen LogP contribution in [0.3, 0.4) is 0 Å². The minimum absolute atomic E-state index is 0.240. The number of ether oxygens (including phenoxy) is 3. The number of hydrogen-bond acceptors (Lipinski definition) is 6. The second-order valence-electron chi connectivity index (χ2n) is 6.40. The molecule has 3 aromatic rings. The van der Waals surface area contributed by atoms with Gasteiger partial charge in [-0.25, -0.2) is 4.39 Å². The SMILES string of the molecule is COCCCn1c(SCc2cc(Br)ccc2F)nnc1-c1ccc(OC)c(OC)c1. The first-order valence-electron chi connectivity index (χ1n) is 9.28.